The van der Waals surface area contributed by atoms with Gasteiger partial charge in [-0.2, -0.15) is 18.4 Å². The lowest BCUT2D eigenvalue weighted by Crippen LogP contribution is -2.66. The minimum Gasteiger partial charge on any atom is -0.363 e. The zero-order chi connectivity index (χ0) is 21.4. The SMILES string of the molecule is CSC1=C(C#N)[C@@H](c2ccccc2Cl)[C@@H](C(=O)c2cccs2)[C@](O)(C(F)(F)F)N1. The molecule has 0 fully saturated rings. The summed E-state index contributed by atoms with van der Waals surface area (Å²) in [5, 5.41) is 24.1. The number of carbonyl (C=O) groups is 1. The largest absolute Gasteiger partial charge is 0.437 e. The highest BCUT2D eigenvalue weighted by atomic mass is 35.5. The Balaban J connectivity index is 2.35. The molecule has 2 aromatic rings. The number of thioether (sulfide) groups is 1. The molecule has 0 bridgehead atoms. The standard InChI is InChI=1S/C19H14ClF3N2O2S2/c1-28-17-11(9-24)14(10-5-2-3-6-12(10)20)15(16(26)13-7-4-8-29-13)18(27,25-17)19(21,22)23/h2-8,14-15,25,27H,1H3/t14-,15+,18+/m1/s1. The van der Waals surface area contributed by atoms with Gasteiger partial charge >= 0.3 is 6.18 Å². The van der Waals surface area contributed by atoms with Crippen molar-refractivity contribution in [3.8, 4) is 6.07 Å². The first kappa shape index (κ1) is 21.7. The number of halogens is 4. The van der Waals surface area contributed by atoms with Crippen LogP contribution >= 0.6 is 34.7 Å². The first-order valence-electron chi connectivity index (χ1n) is 8.23. The molecule has 4 nitrogen and oxygen atoms in total. The highest BCUT2D eigenvalue weighted by Crippen LogP contribution is 2.52. The van der Waals surface area contributed by atoms with Gasteiger partial charge in [0.25, 0.3) is 0 Å². The second-order valence-corrected chi connectivity index (χ2v) is 8.44. The Labute approximate surface area is 178 Å². The Morgan fingerprint density at radius 3 is 2.55 bits per heavy atom. The van der Waals surface area contributed by atoms with Crippen LogP contribution < -0.4 is 5.32 Å². The monoisotopic (exact) mass is 458 g/mol. The van der Waals surface area contributed by atoms with Crippen LogP contribution in [0.3, 0.4) is 0 Å². The van der Waals surface area contributed by atoms with Crippen LogP contribution in [0.15, 0.2) is 52.4 Å². The van der Waals surface area contributed by atoms with Gasteiger partial charge < -0.3 is 10.4 Å². The fourth-order valence-corrected chi connectivity index (χ4v) is 4.98. The van der Waals surface area contributed by atoms with Crippen molar-refractivity contribution in [1.82, 2.24) is 5.32 Å². The van der Waals surface area contributed by atoms with E-state index in [1.54, 1.807) is 17.5 Å². The molecule has 0 amide bonds. The summed E-state index contributed by atoms with van der Waals surface area (Å²) in [4.78, 5) is 13.2. The fraction of sp³-hybridized carbons (Fsp3) is 0.263. The molecule has 2 heterocycles. The molecule has 152 valence electrons. The Kier molecular flexibility index (Phi) is 6.01. The van der Waals surface area contributed by atoms with Gasteiger partial charge in [-0.05, 0) is 29.3 Å². The van der Waals surface area contributed by atoms with Gasteiger partial charge in [-0.15, -0.1) is 23.1 Å². The van der Waals surface area contributed by atoms with E-state index in [1.807, 2.05) is 11.4 Å². The number of thiophene rings is 1. The van der Waals surface area contributed by atoms with Gasteiger partial charge in [-0.1, -0.05) is 35.9 Å². The molecule has 1 aliphatic heterocycles. The zero-order valence-electron chi connectivity index (χ0n) is 14.8. The summed E-state index contributed by atoms with van der Waals surface area (Å²) in [6.45, 7) is 0. The smallest absolute Gasteiger partial charge is 0.363 e. The van der Waals surface area contributed by atoms with Gasteiger partial charge in [0.15, 0.2) is 5.78 Å². The molecule has 0 saturated heterocycles. The average Bonchev–Trinajstić information content (AvgIpc) is 3.21. The number of ketones is 1. The van der Waals surface area contributed by atoms with E-state index in [9.17, 15) is 28.3 Å². The van der Waals surface area contributed by atoms with Crippen LogP contribution in [-0.2, 0) is 0 Å². The summed E-state index contributed by atoms with van der Waals surface area (Å²) in [5.74, 6) is -4.37. The van der Waals surface area contributed by atoms with E-state index in [4.69, 9.17) is 11.6 Å². The number of hydrogen-bond acceptors (Lipinski definition) is 6. The number of alkyl halides is 3. The Bertz CT molecular complexity index is 1000. The second-order valence-electron chi connectivity index (χ2n) is 6.27. The molecule has 2 N–H and O–H groups in total. The Morgan fingerprint density at radius 2 is 2.03 bits per heavy atom. The van der Waals surface area contributed by atoms with Gasteiger partial charge in [0.2, 0.25) is 5.72 Å². The molecular weight excluding hydrogens is 445 g/mol. The van der Waals surface area contributed by atoms with Crippen LogP contribution in [-0.4, -0.2) is 29.0 Å². The molecule has 0 radical (unpaired) electrons. The number of Topliss-reactive ketones (excluding diaryl/α,β-unsaturated/α-hetero) is 1. The highest BCUT2D eigenvalue weighted by molar-refractivity contribution is 8.02. The molecule has 3 rings (SSSR count). The molecule has 0 spiro atoms. The van der Waals surface area contributed by atoms with E-state index < -0.39 is 29.5 Å². The molecule has 0 unspecified atom stereocenters. The van der Waals surface area contributed by atoms with E-state index in [0.29, 0.717) is 0 Å². The number of benzene rings is 1. The minimum atomic E-state index is -5.20. The Hall–Kier alpha value is -1.99. The van der Waals surface area contributed by atoms with Crippen molar-refractivity contribution in [3.05, 3.63) is 67.8 Å². The van der Waals surface area contributed by atoms with Crippen LogP contribution in [0.2, 0.25) is 5.02 Å². The third kappa shape index (κ3) is 3.66. The topological polar surface area (TPSA) is 73.1 Å². The van der Waals surface area contributed by atoms with Crippen molar-refractivity contribution in [2.24, 2.45) is 5.92 Å². The lowest BCUT2D eigenvalue weighted by atomic mass is 9.70. The van der Waals surface area contributed by atoms with Crippen molar-refractivity contribution < 1.29 is 23.1 Å². The molecule has 1 aromatic carbocycles. The van der Waals surface area contributed by atoms with Crippen LogP contribution in [0, 0.1) is 17.2 Å². The van der Waals surface area contributed by atoms with Crippen molar-refractivity contribution in [3.63, 3.8) is 0 Å². The molecule has 1 aliphatic rings. The summed E-state index contributed by atoms with van der Waals surface area (Å²) < 4.78 is 42.3. The number of nitriles is 1. The van der Waals surface area contributed by atoms with Gasteiger partial charge in [-0.3, -0.25) is 4.79 Å². The van der Waals surface area contributed by atoms with Crippen LogP contribution in [0.1, 0.15) is 21.2 Å². The second kappa shape index (κ2) is 8.03. The third-order valence-electron chi connectivity index (χ3n) is 4.69. The van der Waals surface area contributed by atoms with Crippen molar-refractivity contribution in [2.45, 2.75) is 17.8 Å². The van der Waals surface area contributed by atoms with Gasteiger partial charge in [0.1, 0.15) is 0 Å². The molecule has 1 aromatic heterocycles. The van der Waals surface area contributed by atoms with Crippen LogP contribution in [0.25, 0.3) is 0 Å². The normalized spacial score (nSPS) is 24.7. The molecule has 0 saturated carbocycles. The van der Waals surface area contributed by atoms with Crippen molar-refractivity contribution >= 4 is 40.5 Å². The number of aliphatic hydroxyl groups is 1. The summed E-state index contributed by atoms with van der Waals surface area (Å²) >= 11 is 8.05. The van der Waals surface area contributed by atoms with Gasteiger partial charge in [-0.25, -0.2) is 0 Å². The van der Waals surface area contributed by atoms with Crippen molar-refractivity contribution in [2.75, 3.05) is 6.26 Å². The summed E-state index contributed by atoms with van der Waals surface area (Å²) in [6, 6.07) is 10.9. The minimum absolute atomic E-state index is 0.0430. The van der Waals surface area contributed by atoms with Crippen LogP contribution in [0.5, 0.6) is 0 Å². The lowest BCUT2D eigenvalue weighted by Gasteiger charge is -2.45. The number of allylic oxidation sites excluding steroid dienone is 1. The molecule has 0 aliphatic carbocycles. The quantitative estimate of drug-likeness (QED) is 0.635. The number of nitrogens with one attached hydrogen (secondary N) is 1. The number of carbonyl (C=O) groups excluding carboxylic acids is 1. The van der Waals surface area contributed by atoms with E-state index >= 15 is 0 Å². The molecular formula is C19H14ClF3N2O2S2. The Morgan fingerprint density at radius 1 is 1.34 bits per heavy atom. The van der Waals surface area contributed by atoms with E-state index in [2.05, 4.69) is 0 Å². The molecule has 10 heteroatoms. The summed E-state index contributed by atoms with van der Waals surface area (Å²) in [5.41, 5.74) is -3.51. The first-order valence-corrected chi connectivity index (χ1v) is 10.7. The maximum Gasteiger partial charge on any atom is 0.437 e. The van der Waals surface area contributed by atoms with Gasteiger partial charge in [0, 0.05) is 10.9 Å². The maximum atomic E-state index is 14.1. The number of hydrogen-bond donors (Lipinski definition) is 2. The van der Waals surface area contributed by atoms with E-state index in [1.165, 1.54) is 30.5 Å². The highest BCUT2D eigenvalue weighted by Gasteiger charge is 2.66. The first-order chi connectivity index (χ1) is 13.7. The van der Waals surface area contributed by atoms with E-state index in [0.717, 1.165) is 23.1 Å². The average molecular weight is 459 g/mol. The number of rotatable bonds is 4. The zero-order valence-corrected chi connectivity index (χ0v) is 17.2. The predicted molar refractivity (Wildman–Crippen MR) is 107 cm³/mol. The van der Waals surface area contributed by atoms with Crippen molar-refractivity contribution in [1.29, 1.82) is 5.26 Å². The summed E-state index contributed by atoms with van der Waals surface area (Å²) in [7, 11) is 0. The summed E-state index contributed by atoms with van der Waals surface area (Å²) in [6.07, 6.45) is -3.73. The molecule has 3 atom stereocenters. The number of nitrogens with zero attached hydrogens (tertiary/aromatic N) is 1. The fourth-order valence-electron chi connectivity index (χ4n) is 3.37. The molecule has 29 heavy (non-hydrogen) atoms. The van der Waals surface area contributed by atoms with E-state index in [-0.39, 0.29) is 26.1 Å². The maximum absolute atomic E-state index is 14.1. The van der Waals surface area contributed by atoms with Gasteiger partial charge in [0.05, 0.1) is 27.5 Å². The lowest BCUT2D eigenvalue weighted by molar-refractivity contribution is -0.285. The third-order valence-corrected chi connectivity index (χ3v) is 6.65. The van der Waals surface area contributed by atoms with Crippen LogP contribution in [0.4, 0.5) is 13.2 Å². The predicted octanol–water partition coefficient (Wildman–Crippen LogP) is 4.94.